The fraction of sp³-hybridized carbons (Fsp3) is 0.357. The Bertz CT molecular complexity index is 604. The summed E-state index contributed by atoms with van der Waals surface area (Å²) < 4.78 is 26.0. The first-order chi connectivity index (χ1) is 8.87. The molecule has 2 atom stereocenters. The minimum atomic E-state index is -3.79. The predicted molar refractivity (Wildman–Crippen MR) is 73.0 cm³/mol. The molecule has 1 aliphatic heterocycles. The van der Waals surface area contributed by atoms with Crippen LogP contribution in [0.4, 0.5) is 0 Å². The number of benzene rings is 1. The third-order valence-electron chi connectivity index (χ3n) is 3.42. The fourth-order valence-corrected chi connectivity index (χ4v) is 3.99. The van der Waals surface area contributed by atoms with E-state index >= 15 is 0 Å². The van der Waals surface area contributed by atoms with Crippen molar-refractivity contribution in [3.05, 3.63) is 42.5 Å². The first-order valence-electron chi connectivity index (χ1n) is 6.14. The van der Waals surface area contributed by atoms with Gasteiger partial charge in [0, 0.05) is 6.42 Å². The van der Waals surface area contributed by atoms with E-state index in [0.29, 0.717) is 0 Å². The Morgan fingerprint density at radius 1 is 1.32 bits per heavy atom. The summed E-state index contributed by atoms with van der Waals surface area (Å²) in [6.45, 7) is 7.38. The summed E-state index contributed by atoms with van der Waals surface area (Å²) >= 11 is 0. The van der Waals surface area contributed by atoms with Crippen molar-refractivity contribution in [3.8, 4) is 0 Å². The monoisotopic (exact) mass is 279 g/mol. The molecule has 1 fully saturated rings. The highest BCUT2D eigenvalue weighted by molar-refractivity contribution is 7.89. The van der Waals surface area contributed by atoms with Gasteiger partial charge in [-0.05, 0) is 25.0 Å². The number of sulfonamides is 1. The van der Waals surface area contributed by atoms with Crippen LogP contribution < -0.4 is 0 Å². The van der Waals surface area contributed by atoms with Crippen LogP contribution in [0.15, 0.2) is 41.8 Å². The standard InChI is InChI=1S/C14H17NO3S/c1-4-13-11(3)9-14(16)15(13)19(17,18)12-7-5-10(2)6-8-12/h4-8,11,13H,1,9H2,2-3H3. The summed E-state index contributed by atoms with van der Waals surface area (Å²) in [7, 11) is -3.79. The molecule has 0 saturated carbocycles. The lowest BCUT2D eigenvalue weighted by Crippen LogP contribution is -2.38. The number of amides is 1. The SMILES string of the molecule is C=CC1C(C)CC(=O)N1S(=O)(=O)c1ccc(C)cc1. The summed E-state index contributed by atoms with van der Waals surface area (Å²) in [6.07, 6.45) is 1.77. The first kappa shape index (κ1) is 13.8. The zero-order valence-corrected chi connectivity index (χ0v) is 11.9. The summed E-state index contributed by atoms with van der Waals surface area (Å²) in [5.41, 5.74) is 0.973. The van der Waals surface area contributed by atoms with E-state index in [4.69, 9.17) is 0 Å². The van der Waals surface area contributed by atoms with E-state index in [0.717, 1.165) is 9.87 Å². The Balaban J connectivity index is 2.47. The van der Waals surface area contributed by atoms with E-state index in [9.17, 15) is 13.2 Å². The summed E-state index contributed by atoms with van der Waals surface area (Å²) in [5.74, 6) is -0.400. The fourth-order valence-electron chi connectivity index (χ4n) is 2.33. The maximum absolute atomic E-state index is 12.5. The van der Waals surface area contributed by atoms with Crippen LogP contribution in [0.25, 0.3) is 0 Å². The normalized spacial score (nSPS) is 23.7. The molecule has 0 aromatic heterocycles. The van der Waals surface area contributed by atoms with Crippen molar-refractivity contribution in [2.24, 2.45) is 5.92 Å². The molecule has 19 heavy (non-hydrogen) atoms. The van der Waals surface area contributed by atoms with Crippen LogP contribution in [0.1, 0.15) is 18.9 Å². The second-order valence-corrected chi connectivity index (χ2v) is 6.73. The van der Waals surface area contributed by atoms with Crippen molar-refractivity contribution in [3.63, 3.8) is 0 Å². The minimum absolute atomic E-state index is 0.0368. The van der Waals surface area contributed by atoms with Crippen molar-refractivity contribution >= 4 is 15.9 Å². The molecule has 0 bridgehead atoms. The van der Waals surface area contributed by atoms with Crippen molar-refractivity contribution in [2.75, 3.05) is 0 Å². The van der Waals surface area contributed by atoms with Gasteiger partial charge in [0.1, 0.15) is 0 Å². The third kappa shape index (κ3) is 2.30. The van der Waals surface area contributed by atoms with Gasteiger partial charge in [-0.25, -0.2) is 12.7 Å². The molecular weight excluding hydrogens is 262 g/mol. The molecule has 2 unspecified atom stereocenters. The van der Waals surface area contributed by atoms with Crippen LogP contribution in [0.2, 0.25) is 0 Å². The van der Waals surface area contributed by atoms with Gasteiger partial charge in [0.15, 0.2) is 0 Å². The van der Waals surface area contributed by atoms with Gasteiger partial charge in [0.25, 0.3) is 10.0 Å². The van der Waals surface area contributed by atoms with E-state index < -0.39 is 16.1 Å². The van der Waals surface area contributed by atoms with E-state index in [2.05, 4.69) is 6.58 Å². The molecule has 1 aromatic rings. The number of nitrogens with zero attached hydrogens (tertiary/aromatic N) is 1. The maximum Gasteiger partial charge on any atom is 0.267 e. The average Bonchev–Trinajstić information content (AvgIpc) is 2.64. The van der Waals surface area contributed by atoms with Crippen LogP contribution in [-0.4, -0.2) is 24.7 Å². The topological polar surface area (TPSA) is 54.5 Å². The zero-order valence-electron chi connectivity index (χ0n) is 11.0. The van der Waals surface area contributed by atoms with Gasteiger partial charge in [-0.1, -0.05) is 30.7 Å². The average molecular weight is 279 g/mol. The van der Waals surface area contributed by atoms with E-state index in [1.807, 2.05) is 13.8 Å². The number of hydrogen-bond donors (Lipinski definition) is 0. The molecular formula is C14H17NO3S. The Labute approximate surface area is 113 Å². The highest BCUT2D eigenvalue weighted by Crippen LogP contribution is 2.31. The van der Waals surface area contributed by atoms with Gasteiger partial charge in [-0.3, -0.25) is 4.79 Å². The van der Waals surface area contributed by atoms with Crippen LogP contribution in [0, 0.1) is 12.8 Å². The summed E-state index contributed by atoms with van der Waals surface area (Å²) in [4.78, 5) is 12.1. The second-order valence-electron chi connectivity index (χ2n) is 4.92. The van der Waals surface area contributed by atoms with E-state index in [-0.39, 0.29) is 23.1 Å². The molecule has 0 aliphatic carbocycles. The summed E-state index contributed by atoms with van der Waals surface area (Å²) in [5, 5.41) is 0. The van der Waals surface area contributed by atoms with Crippen LogP contribution in [0.3, 0.4) is 0 Å². The largest absolute Gasteiger partial charge is 0.274 e. The molecule has 0 radical (unpaired) electrons. The predicted octanol–water partition coefficient (Wildman–Crippen LogP) is 2.11. The van der Waals surface area contributed by atoms with Crippen molar-refractivity contribution in [2.45, 2.75) is 31.2 Å². The molecule has 1 aromatic carbocycles. The molecule has 0 spiro atoms. The molecule has 1 heterocycles. The van der Waals surface area contributed by atoms with Crippen LogP contribution in [0.5, 0.6) is 0 Å². The number of carbonyl (C=O) groups excluding carboxylic acids is 1. The Morgan fingerprint density at radius 2 is 1.89 bits per heavy atom. The van der Waals surface area contributed by atoms with E-state index in [1.165, 1.54) is 18.2 Å². The minimum Gasteiger partial charge on any atom is -0.274 e. The molecule has 2 rings (SSSR count). The van der Waals surface area contributed by atoms with Crippen molar-refractivity contribution in [1.82, 2.24) is 4.31 Å². The second kappa shape index (κ2) is 4.81. The zero-order chi connectivity index (χ0) is 14.2. The number of hydrogen-bond acceptors (Lipinski definition) is 3. The highest BCUT2D eigenvalue weighted by atomic mass is 32.2. The van der Waals surface area contributed by atoms with Gasteiger partial charge in [-0.15, -0.1) is 6.58 Å². The van der Waals surface area contributed by atoms with Gasteiger partial charge in [-0.2, -0.15) is 0 Å². The van der Waals surface area contributed by atoms with Gasteiger partial charge in [0.05, 0.1) is 10.9 Å². The van der Waals surface area contributed by atoms with Crippen LogP contribution in [-0.2, 0) is 14.8 Å². The molecule has 102 valence electrons. The van der Waals surface area contributed by atoms with Crippen molar-refractivity contribution < 1.29 is 13.2 Å². The Morgan fingerprint density at radius 3 is 2.42 bits per heavy atom. The van der Waals surface area contributed by atoms with Crippen LogP contribution >= 0.6 is 0 Å². The number of aryl methyl sites for hydroxylation is 1. The molecule has 1 amide bonds. The van der Waals surface area contributed by atoms with Gasteiger partial charge in [0.2, 0.25) is 5.91 Å². The Kier molecular flexibility index (Phi) is 3.49. The number of rotatable bonds is 3. The smallest absolute Gasteiger partial charge is 0.267 e. The quantitative estimate of drug-likeness (QED) is 0.796. The lowest BCUT2D eigenvalue weighted by atomic mass is 10.0. The van der Waals surface area contributed by atoms with Gasteiger partial charge < -0.3 is 0 Å². The third-order valence-corrected chi connectivity index (χ3v) is 5.25. The lowest BCUT2D eigenvalue weighted by molar-refractivity contribution is -0.124. The molecule has 4 nitrogen and oxygen atoms in total. The summed E-state index contributed by atoms with van der Waals surface area (Å²) in [6, 6.07) is 6.04. The maximum atomic E-state index is 12.5. The molecule has 1 aliphatic rings. The Hall–Kier alpha value is -1.62. The number of carbonyl (C=O) groups is 1. The highest BCUT2D eigenvalue weighted by Gasteiger charge is 2.43. The van der Waals surface area contributed by atoms with E-state index in [1.54, 1.807) is 12.1 Å². The van der Waals surface area contributed by atoms with Crippen molar-refractivity contribution in [1.29, 1.82) is 0 Å². The molecule has 0 N–H and O–H groups in total. The molecule has 1 saturated heterocycles. The molecule has 5 heteroatoms. The van der Waals surface area contributed by atoms with Gasteiger partial charge >= 0.3 is 0 Å². The first-order valence-corrected chi connectivity index (χ1v) is 7.58. The lowest BCUT2D eigenvalue weighted by Gasteiger charge is -2.23.